The third-order valence-corrected chi connectivity index (χ3v) is 5.05. The van der Waals surface area contributed by atoms with E-state index in [1.54, 1.807) is 13.2 Å². The van der Waals surface area contributed by atoms with Crippen molar-refractivity contribution < 1.29 is 9.53 Å². The summed E-state index contributed by atoms with van der Waals surface area (Å²) in [6.07, 6.45) is 3.44. The summed E-state index contributed by atoms with van der Waals surface area (Å²) in [6.45, 7) is 0.687. The van der Waals surface area contributed by atoms with E-state index in [0.717, 1.165) is 16.2 Å². The summed E-state index contributed by atoms with van der Waals surface area (Å²) in [6, 6.07) is 16.3. The average Bonchev–Trinajstić information content (AvgIpc) is 2.74. The van der Waals surface area contributed by atoms with Gasteiger partial charge in [0, 0.05) is 29.6 Å². The van der Waals surface area contributed by atoms with E-state index in [0.29, 0.717) is 24.3 Å². The highest BCUT2D eigenvalue weighted by Crippen LogP contribution is 2.20. The summed E-state index contributed by atoms with van der Waals surface area (Å²) >= 11 is 1.52. The van der Waals surface area contributed by atoms with Crippen molar-refractivity contribution in [3.8, 4) is 17.0 Å². The quantitative estimate of drug-likeness (QED) is 0.623. The minimum absolute atomic E-state index is 0.152. The molecule has 0 unspecified atom stereocenters. The molecule has 1 heterocycles. The van der Waals surface area contributed by atoms with Gasteiger partial charge in [-0.3, -0.25) is 14.2 Å². The normalized spacial score (nSPS) is 10.5. The fourth-order valence-electron chi connectivity index (χ4n) is 2.73. The summed E-state index contributed by atoms with van der Waals surface area (Å²) < 4.78 is 6.62. The molecule has 0 aliphatic heterocycles. The van der Waals surface area contributed by atoms with Gasteiger partial charge in [-0.25, -0.2) is 4.98 Å². The molecule has 0 spiro atoms. The second-order valence-electron chi connectivity index (χ2n) is 5.99. The number of thioether (sulfide) groups is 1. The third kappa shape index (κ3) is 4.61. The Hall–Kier alpha value is -3.06. The van der Waals surface area contributed by atoms with Crippen LogP contribution in [0.1, 0.15) is 10.4 Å². The highest BCUT2D eigenvalue weighted by atomic mass is 32.2. The van der Waals surface area contributed by atoms with Crippen molar-refractivity contribution in [2.24, 2.45) is 0 Å². The summed E-state index contributed by atoms with van der Waals surface area (Å²) in [5, 5.41) is 2.85. The second kappa shape index (κ2) is 9.23. The monoisotopic (exact) mass is 395 g/mol. The van der Waals surface area contributed by atoms with Crippen LogP contribution in [0.5, 0.6) is 5.75 Å². The van der Waals surface area contributed by atoms with Crippen molar-refractivity contribution in [3.05, 3.63) is 76.8 Å². The van der Waals surface area contributed by atoms with Gasteiger partial charge in [0.25, 0.3) is 11.5 Å². The molecular formula is C21H21N3O3S. The van der Waals surface area contributed by atoms with E-state index in [-0.39, 0.29) is 11.5 Å². The van der Waals surface area contributed by atoms with Crippen LogP contribution in [0.15, 0.2) is 70.6 Å². The first-order valence-corrected chi connectivity index (χ1v) is 9.97. The van der Waals surface area contributed by atoms with Crippen LogP contribution < -0.4 is 15.6 Å². The third-order valence-electron chi connectivity index (χ3n) is 4.26. The molecule has 0 fully saturated rings. The first-order chi connectivity index (χ1) is 13.6. The van der Waals surface area contributed by atoms with Gasteiger partial charge in [-0.05, 0) is 42.7 Å². The molecule has 0 radical (unpaired) electrons. The topological polar surface area (TPSA) is 73.2 Å². The van der Waals surface area contributed by atoms with Gasteiger partial charge in [-0.2, -0.15) is 0 Å². The smallest absolute Gasteiger partial charge is 0.253 e. The summed E-state index contributed by atoms with van der Waals surface area (Å²) in [7, 11) is 1.60. The number of amides is 1. The fourth-order valence-corrected chi connectivity index (χ4v) is 3.33. The maximum Gasteiger partial charge on any atom is 0.253 e. The molecular weight excluding hydrogens is 374 g/mol. The van der Waals surface area contributed by atoms with Gasteiger partial charge in [0.2, 0.25) is 0 Å². The molecule has 2 aromatic carbocycles. The Balaban J connectivity index is 1.63. The molecule has 3 aromatic rings. The summed E-state index contributed by atoms with van der Waals surface area (Å²) in [5.74, 6) is 0.594. The standard InChI is InChI=1S/C21H21N3O3S/c1-27-16-9-7-15(8-10-16)18-13-20(25)24(14-23-18)12-11-22-21(26)17-5-3-4-6-19(17)28-2/h3-10,13-14H,11-12H2,1-2H3,(H,22,26). The molecule has 1 aromatic heterocycles. The summed E-state index contributed by atoms with van der Waals surface area (Å²) in [4.78, 5) is 30.0. The van der Waals surface area contributed by atoms with Gasteiger partial charge in [-0.15, -0.1) is 11.8 Å². The Morgan fingerprint density at radius 2 is 1.93 bits per heavy atom. The van der Waals surface area contributed by atoms with Crippen LogP contribution in [-0.4, -0.2) is 35.4 Å². The highest BCUT2D eigenvalue weighted by molar-refractivity contribution is 7.98. The molecule has 3 rings (SSSR count). The first kappa shape index (κ1) is 19.7. The SMILES string of the molecule is COc1ccc(-c2cc(=O)n(CCNC(=O)c3ccccc3SC)cn2)cc1. The zero-order valence-corrected chi connectivity index (χ0v) is 16.5. The number of hydrogen-bond donors (Lipinski definition) is 1. The lowest BCUT2D eigenvalue weighted by Crippen LogP contribution is -2.31. The van der Waals surface area contributed by atoms with E-state index < -0.39 is 0 Å². The minimum Gasteiger partial charge on any atom is -0.497 e. The molecule has 1 amide bonds. The maximum absolute atomic E-state index is 12.4. The van der Waals surface area contributed by atoms with E-state index in [2.05, 4.69) is 10.3 Å². The lowest BCUT2D eigenvalue weighted by molar-refractivity contribution is 0.0949. The number of hydrogen-bond acceptors (Lipinski definition) is 5. The zero-order chi connectivity index (χ0) is 19.9. The molecule has 0 saturated heterocycles. The number of nitrogens with one attached hydrogen (secondary N) is 1. The number of benzene rings is 2. The largest absolute Gasteiger partial charge is 0.497 e. The second-order valence-corrected chi connectivity index (χ2v) is 6.84. The van der Waals surface area contributed by atoms with Crippen molar-refractivity contribution in [2.75, 3.05) is 19.9 Å². The lowest BCUT2D eigenvalue weighted by atomic mass is 10.1. The van der Waals surface area contributed by atoms with Crippen molar-refractivity contribution in [1.82, 2.24) is 14.9 Å². The summed E-state index contributed by atoms with van der Waals surface area (Å²) in [5.41, 5.74) is 1.91. The Bertz CT molecular complexity index is 1020. The first-order valence-electron chi connectivity index (χ1n) is 8.74. The molecule has 28 heavy (non-hydrogen) atoms. The van der Waals surface area contributed by atoms with Crippen molar-refractivity contribution >= 4 is 17.7 Å². The van der Waals surface area contributed by atoms with Crippen LogP contribution >= 0.6 is 11.8 Å². The zero-order valence-electron chi connectivity index (χ0n) is 15.7. The van der Waals surface area contributed by atoms with Gasteiger partial charge in [-0.1, -0.05) is 12.1 Å². The Morgan fingerprint density at radius 1 is 1.18 bits per heavy atom. The number of carbonyl (C=O) groups is 1. The molecule has 0 saturated carbocycles. The van der Waals surface area contributed by atoms with E-state index >= 15 is 0 Å². The van der Waals surface area contributed by atoms with Crippen molar-refractivity contribution in [3.63, 3.8) is 0 Å². The Morgan fingerprint density at radius 3 is 2.61 bits per heavy atom. The van der Waals surface area contributed by atoms with Gasteiger partial charge < -0.3 is 10.1 Å². The molecule has 0 atom stereocenters. The van der Waals surface area contributed by atoms with Crippen LogP contribution in [0.2, 0.25) is 0 Å². The van der Waals surface area contributed by atoms with E-state index in [1.807, 2.05) is 48.7 Å². The van der Waals surface area contributed by atoms with Gasteiger partial charge in [0.05, 0.1) is 24.7 Å². The van der Waals surface area contributed by atoms with Crippen LogP contribution in [0.25, 0.3) is 11.3 Å². The molecule has 0 bridgehead atoms. The van der Waals surface area contributed by atoms with Crippen LogP contribution in [0.4, 0.5) is 0 Å². The molecule has 0 aliphatic carbocycles. The molecule has 0 aliphatic rings. The minimum atomic E-state index is -0.167. The molecule has 1 N–H and O–H groups in total. The number of ether oxygens (including phenoxy) is 1. The molecule has 7 heteroatoms. The Kier molecular flexibility index (Phi) is 6.49. The maximum atomic E-state index is 12.4. The Labute approximate surface area is 167 Å². The van der Waals surface area contributed by atoms with Crippen molar-refractivity contribution in [1.29, 1.82) is 0 Å². The number of nitrogens with zero attached hydrogens (tertiary/aromatic N) is 2. The predicted octanol–water partition coefficient (Wildman–Crippen LogP) is 3.07. The van der Waals surface area contributed by atoms with E-state index in [1.165, 1.54) is 28.7 Å². The van der Waals surface area contributed by atoms with Crippen LogP contribution in [0.3, 0.4) is 0 Å². The lowest BCUT2D eigenvalue weighted by Gasteiger charge is -2.10. The van der Waals surface area contributed by atoms with Crippen LogP contribution in [-0.2, 0) is 6.54 Å². The van der Waals surface area contributed by atoms with E-state index in [4.69, 9.17) is 4.74 Å². The predicted molar refractivity (Wildman–Crippen MR) is 111 cm³/mol. The highest BCUT2D eigenvalue weighted by Gasteiger charge is 2.10. The van der Waals surface area contributed by atoms with Gasteiger partial charge in [0.1, 0.15) is 5.75 Å². The number of rotatable bonds is 7. The number of aromatic nitrogens is 2. The number of carbonyl (C=O) groups excluding carboxylic acids is 1. The van der Waals surface area contributed by atoms with E-state index in [9.17, 15) is 9.59 Å². The molecule has 144 valence electrons. The van der Waals surface area contributed by atoms with Crippen molar-refractivity contribution in [2.45, 2.75) is 11.4 Å². The molecule has 6 nitrogen and oxygen atoms in total. The fraction of sp³-hybridized carbons (Fsp3) is 0.190. The van der Waals surface area contributed by atoms with Gasteiger partial charge >= 0.3 is 0 Å². The van der Waals surface area contributed by atoms with Gasteiger partial charge in [0.15, 0.2) is 0 Å². The average molecular weight is 395 g/mol. The van der Waals surface area contributed by atoms with Crippen LogP contribution in [0, 0.1) is 0 Å². The number of methoxy groups -OCH3 is 1.